The van der Waals surface area contributed by atoms with Gasteiger partial charge in [-0.1, -0.05) is 36.2 Å². The molecule has 0 heterocycles. The number of hydrogen-bond acceptors (Lipinski definition) is 6. The van der Waals surface area contributed by atoms with Gasteiger partial charge in [0.15, 0.2) is 11.5 Å². The van der Waals surface area contributed by atoms with Crippen LogP contribution in [0.3, 0.4) is 0 Å². The number of nitrogens with one attached hydrogen (secondary N) is 1. The quantitative estimate of drug-likeness (QED) is 0.464. The first-order valence-electron chi connectivity index (χ1n) is 10.6. The minimum Gasteiger partial charge on any atom is -0.493 e. The van der Waals surface area contributed by atoms with Gasteiger partial charge in [0.2, 0.25) is 21.8 Å². The zero-order valence-electron chi connectivity index (χ0n) is 20.2. The molecular weight excluding hydrogens is 517 g/mol. The van der Waals surface area contributed by atoms with E-state index in [-0.39, 0.29) is 18.1 Å². The van der Waals surface area contributed by atoms with Crippen molar-refractivity contribution in [3.05, 3.63) is 52.0 Å². The van der Waals surface area contributed by atoms with E-state index < -0.39 is 28.5 Å². The van der Waals surface area contributed by atoms with Crippen LogP contribution in [0.4, 0.5) is 5.69 Å². The number of nitrogens with zero attached hydrogens (tertiary/aromatic N) is 2. The average Bonchev–Trinajstić information content (AvgIpc) is 2.82. The van der Waals surface area contributed by atoms with Crippen molar-refractivity contribution in [2.45, 2.75) is 25.9 Å². The highest BCUT2D eigenvalue weighted by atomic mass is 35.5. The first kappa shape index (κ1) is 28.5. The minimum atomic E-state index is -3.89. The third-order valence-electron chi connectivity index (χ3n) is 5.32. The molecule has 0 unspecified atom stereocenters. The maximum Gasteiger partial charge on any atom is 0.244 e. The highest BCUT2D eigenvalue weighted by molar-refractivity contribution is 7.92. The maximum absolute atomic E-state index is 13.6. The largest absolute Gasteiger partial charge is 0.493 e. The van der Waals surface area contributed by atoms with E-state index in [0.29, 0.717) is 33.5 Å². The minimum absolute atomic E-state index is 0.0235. The molecule has 2 rings (SSSR count). The molecule has 1 N–H and O–H groups in total. The van der Waals surface area contributed by atoms with Crippen LogP contribution in [-0.4, -0.2) is 65.2 Å². The van der Waals surface area contributed by atoms with E-state index in [2.05, 4.69) is 5.32 Å². The third-order valence-corrected chi connectivity index (χ3v) is 7.05. The predicted molar refractivity (Wildman–Crippen MR) is 137 cm³/mol. The van der Waals surface area contributed by atoms with E-state index in [1.54, 1.807) is 25.1 Å². The van der Waals surface area contributed by atoms with Crippen LogP contribution >= 0.6 is 23.2 Å². The van der Waals surface area contributed by atoms with Crippen LogP contribution in [0, 0.1) is 0 Å². The fourth-order valence-electron chi connectivity index (χ4n) is 3.51. The molecule has 2 aromatic carbocycles. The summed E-state index contributed by atoms with van der Waals surface area (Å²) in [6, 6.07) is 8.47. The van der Waals surface area contributed by atoms with Crippen molar-refractivity contribution >= 4 is 50.7 Å². The van der Waals surface area contributed by atoms with E-state index in [0.717, 1.165) is 10.6 Å². The molecule has 0 bridgehead atoms. The fraction of sp³-hybridized carbons (Fsp3) is 0.391. The molecular formula is C23H29Cl2N3O6S. The number of carbonyl (C=O) groups is 2. The Kier molecular flexibility index (Phi) is 10.1. The SMILES string of the molecule is CC[C@@H](C(=O)NC)N(Cc1ccc(Cl)cc1Cl)C(=O)CN(c1ccc(OC)c(OC)c1)S(C)(=O)=O. The van der Waals surface area contributed by atoms with Crippen molar-refractivity contribution in [2.24, 2.45) is 0 Å². The number of ether oxygens (including phenoxy) is 2. The molecule has 0 saturated carbocycles. The van der Waals surface area contributed by atoms with Crippen LogP contribution in [-0.2, 0) is 26.2 Å². The molecule has 1 atom stereocenters. The molecule has 192 valence electrons. The number of benzene rings is 2. The first-order chi connectivity index (χ1) is 16.5. The number of carbonyl (C=O) groups excluding carboxylic acids is 2. The molecule has 2 amide bonds. The molecule has 0 aliphatic rings. The Balaban J connectivity index is 2.50. The van der Waals surface area contributed by atoms with Gasteiger partial charge in [0.25, 0.3) is 0 Å². The van der Waals surface area contributed by atoms with Gasteiger partial charge in [0.05, 0.1) is 26.2 Å². The Bertz CT molecular complexity index is 1180. The van der Waals surface area contributed by atoms with E-state index in [4.69, 9.17) is 32.7 Å². The number of anilines is 1. The van der Waals surface area contributed by atoms with E-state index in [9.17, 15) is 18.0 Å². The Morgan fingerprint density at radius 3 is 2.23 bits per heavy atom. The monoisotopic (exact) mass is 545 g/mol. The van der Waals surface area contributed by atoms with Crippen LogP contribution in [0.2, 0.25) is 10.0 Å². The predicted octanol–water partition coefficient (Wildman–Crippen LogP) is 3.33. The molecule has 0 radical (unpaired) electrons. The number of amides is 2. The average molecular weight is 546 g/mol. The number of likely N-dealkylation sites (N-methyl/N-ethyl adjacent to an activating group) is 1. The van der Waals surface area contributed by atoms with E-state index in [1.807, 2.05) is 0 Å². The normalized spacial score (nSPS) is 12.0. The zero-order valence-corrected chi connectivity index (χ0v) is 22.5. The lowest BCUT2D eigenvalue weighted by atomic mass is 10.1. The third kappa shape index (κ3) is 7.16. The second kappa shape index (κ2) is 12.3. The molecule has 35 heavy (non-hydrogen) atoms. The summed E-state index contributed by atoms with van der Waals surface area (Å²) in [4.78, 5) is 27.5. The van der Waals surface area contributed by atoms with Gasteiger partial charge < -0.3 is 19.7 Å². The molecule has 0 aliphatic heterocycles. The summed E-state index contributed by atoms with van der Waals surface area (Å²) < 4.78 is 36.8. The zero-order chi connectivity index (χ0) is 26.3. The lowest BCUT2D eigenvalue weighted by Gasteiger charge is -2.32. The summed E-state index contributed by atoms with van der Waals surface area (Å²) in [6.45, 7) is 1.18. The van der Waals surface area contributed by atoms with Crippen LogP contribution in [0.15, 0.2) is 36.4 Å². The van der Waals surface area contributed by atoms with Crippen LogP contribution in [0.25, 0.3) is 0 Å². The van der Waals surface area contributed by atoms with Gasteiger partial charge in [-0.2, -0.15) is 0 Å². The number of halogens is 2. The second-order valence-corrected chi connectivity index (χ2v) is 10.4. The van der Waals surface area contributed by atoms with Crippen molar-refractivity contribution in [1.29, 1.82) is 0 Å². The van der Waals surface area contributed by atoms with Crippen molar-refractivity contribution in [3.63, 3.8) is 0 Å². The van der Waals surface area contributed by atoms with Crippen LogP contribution < -0.4 is 19.1 Å². The van der Waals surface area contributed by atoms with Gasteiger partial charge in [-0.05, 0) is 36.2 Å². The standard InChI is InChI=1S/C23H29Cl2N3O6S/c1-6-19(23(30)26-2)27(13-15-7-8-16(24)11-18(15)25)22(29)14-28(35(5,31)32)17-9-10-20(33-3)21(12-17)34-4/h7-12,19H,6,13-14H2,1-5H3,(H,26,30)/t19-/m0/s1. The number of rotatable bonds is 11. The molecule has 0 aliphatic carbocycles. The highest BCUT2D eigenvalue weighted by Gasteiger charge is 2.32. The van der Waals surface area contributed by atoms with E-state index in [1.165, 1.54) is 44.4 Å². The van der Waals surface area contributed by atoms with Gasteiger partial charge in [-0.3, -0.25) is 13.9 Å². The molecule has 9 nitrogen and oxygen atoms in total. The van der Waals surface area contributed by atoms with Crippen molar-refractivity contribution in [2.75, 3.05) is 38.4 Å². The Morgan fingerprint density at radius 1 is 1.06 bits per heavy atom. The summed E-state index contributed by atoms with van der Waals surface area (Å²) in [5.41, 5.74) is 0.764. The Morgan fingerprint density at radius 2 is 1.71 bits per heavy atom. The maximum atomic E-state index is 13.6. The van der Waals surface area contributed by atoms with Gasteiger partial charge in [0, 0.05) is 29.7 Å². The molecule has 0 aromatic heterocycles. The van der Waals surface area contributed by atoms with E-state index >= 15 is 0 Å². The lowest BCUT2D eigenvalue weighted by molar-refractivity contribution is -0.140. The highest BCUT2D eigenvalue weighted by Crippen LogP contribution is 2.32. The molecule has 2 aromatic rings. The Labute approximate surface area is 215 Å². The van der Waals surface area contributed by atoms with Gasteiger partial charge in [-0.15, -0.1) is 0 Å². The van der Waals surface area contributed by atoms with Crippen molar-refractivity contribution < 1.29 is 27.5 Å². The topological polar surface area (TPSA) is 105 Å². The van der Waals surface area contributed by atoms with Gasteiger partial charge >= 0.3 is 0 Å². The Hall–Kier alpha value is -2.69. The van der Waals surface area contributed by atoms with Crippen molar-refractivity contribution in [3.8, 4) is 11.5 Å². The molecule has 12 heteroatoms. The van der Waals surface area contributed by atoms with Crippen LogP contribution in [0.5, 0.6) is 11.5 Å². The smallest absolute Gasteiger partial charge is 0.244 e. The lowest BCUT2D eigenvalue weighted by Crippen LogP contribution is -2.51. The molecule has 0 saturated heterocycles. The number of methoxy groups -OCH3 is 2. The number of hydrogen-bond donors (Lipinski definition) is 1. The molecule has 0 spiro atoms. The van der Waals surface area contributed by atoms with Gasteiger partial charge in [0.1, 0.15) is 12.6 Å². The fourth-order valence-corrected chi connectivity index (χ4v) is 4.82. The summed E-state index contributed by atoms with van der Waals surface area (Å²) in [5.74, 6) is -0.275. The second-order valence-electron chi connectivity index (χ2n) is 7.60. The summed E-state index contributed by atoms with van der Waals surface area (Å²) >= 11 is 12.3. The summed E-state index contributed by atoms with van der Waals surface area (Å²) in [7, 11) is 0.455. The molecule has 0 fully saturated rings. The van der Waals surface area contributed by atoms with Crippen LogP contribution in [0.1, 0.15) is 18.9 Å². The van der Waals surface area contributed by atoms with Crippen molar-refractivity contribution in [1.82, 2.24) is 10.2 Å². The van der Waals surface area contributed by atoms with Gasteiger partial charge in [-0.25, -0.2) is 8.42 Å². The summed E-state index contributed by atoms with van der Waals surface area (Å²) in [6.07, 6.45) is 1.29. The number of sulfonamides is 1. The summed E-state index contributed by atoms with van der Waals surface area (Å²) in [5, 5.41) is 3.30. The first-order valence-corrected chi connectivity index (χ1v) is 13.2.